The molecular formula is C27H36ClN5O. The van der Waals surface area contributed by atoms with Gasteiger partial charge in [-0.2, -0.15) is 0 Å². The van der Waals surface area contributed by atoms with Gasteiger partial charge in [-0.3, -0.25) is 13.8 Å². The van der Waals surface area contributed by atoms with Gasteiger partial charge in [-0.15, -0.1) is 0 Å². The first kappa shape index (κ1) is 23.4. The quantitative estimate of drug-likeness (QED) is 0.420. The van der Waals surface area contributed by atoms with Crippen molar-refractivity contribution in [2.75, 3.05) is 31.1 Å². The normalized spacial score (nSPS) is 18.1. The number of unbranched alkanes of at least 4 members (excludes halogenated alkanes) is 2. The van der Waals surface area contributed by atoms with Crippen LogP contribution in [0.1, 0.15) is 58.3 Å². The number of imidazole rings is 1. The van der Waals surface area contributed by atoms with Crippen LogP contribution in [0.15, 0.2) is 41.3 Å². The van der Waals surface area contributed by atoms with Crippen LogP contribution in [0.5, 0.6) is 0 Å². The van der Waals surface area contributed by atoms with Gasteiger partial charge in [0.15, 0.2) is 0 Å². The minimum absolute atomic E-state index is 0.0115. The second-order valence-electron chi connectivity index (χ2n) is 9.82. The summed E-state index contributed by atoms with van der Waals surface area (Å²) in [6, 6.07) is 10.2. The van der Waals surface area contributed by atoms with Crippen LogP contribution in [0.4, 0.5) is 5.82 Å². The van der Waals surface area contributed by atoms with Gasteiger partial charge in [-0.1, -0.05) is 49.9 Å². The summed E-state index contributed by atoms with van der Waals surface area (Å²) in [5.41, 5.74) is 1.76. The van der Waals surface area contributed by atoms with E-state index in [1.54, 1.807) is 4.40 Å². The summed E-state index contributed by atoms with van der Waals surface area (Å²) >= 11 is 6.08. The lowest BCUT2D eigenvalue weighted by atomic mass is 10.00. The number of nitrogens with zero attached hydrogens (tertiary/aromatic N) is 5. The topological polar surface area (TPSA) is 45.8 Å². The van der Waals surface area contributed by atoms with Gasteiger partial charge < -0.3 is 9.80 Å². The molecule has 2 fully saturated rings. The third kappa shape index (κ3) is 4.89. The van der Waals surface area contributed by atoms with Gasteiger partial charge in [0.2, 0.25) is 5.78 Å². The number of hydrogen-bond donors (Lipinski definition) is 0. The Balaban J connectivity index is 1.46. The number of aryl methyl sites for hydroxylation is 1. The van der Waals surface area contributed by atoms with E-state index in [0.717, 1.165) is 55.3 Å². The SMILES string of the molecule is CCCCCn1c(N2CCC(N3CCCCC3)CC2)cc(=O)n2cc(-c3ccc(Cl)cc3)nc12. The van der Waals surface area contributed by atoms with Gasteiger partial charge in [-0.05, 0) is 57.3 Å². The van der Waals surface area contributed by atoms with Crippen LogP contribution in [-0.2, 0) is 6.54 Å². The number of rotatable bonds is 7. The molecule has 3 aromatic rings. The van der Waals surface area contributed by atoms with Crippen molar-refractivity contribution in [2.24, 2.45) is 0 Å². The van der Waals surface area contributed by atoms with Crippen molar-refractivity contribution in [3.63, 3.8) is 0 Å². The molecule has 0 amide bonds. The van der Waals surface area contributed by atoms with E-state index in [0.29, 0.717) is 11.1 Å². The van der Waals surface area contributed by atoms with E-state index in [9.17, 15) is 4.79 Å². The van der Waals surface area contributed by atoms with Gasteiger partial charge >= 0.3 is 0 Å². The molecule has 7 heteroatoms. The van der Waals surface area contributed by atoms with Crippen molar-refractivity contribution in [2.45, 2.75) is 70.9 Å². The maximum atomic E-state index is 13.2. The van der Waals surface area contributed by atoms with Crippen molar-refractivity contribution in [3.8, 4) is 11.3 Å². The van der Waals surface area contributed by atoms with Crippen LogP contribution in [0.3, 0.4) is 0 Å². The fourth-order valence-corrected chi connectivity index (χ4v) is 5.71. The summed E-state index contributed by atoms with van der Waals surface area (Å²) in [5.74, 6) is 1.76. The van der Waals surface area contributed by atoms with Crippen molar-refractivity contribution < 1.29 is 0 Å². The zero-order valence-electron chi connectivity index (χ0n) is 20.3. The first-order valence-corrected chi connectivity index (χ1v) is 13.4. The van der Waals surface area contributed by atoms with Gasteiger partial charge in [-0.25, -0.2) is 4.98 Å². The largest absolute Gasteiger partial charge is 0.358 e. The third-order valence-corrected chi connectivity index (χ3v) is 7.77. The maximum Gasteiger partial charge on any atom is 0.261 e. The van der Waals surface area contributed by atoms with E-state index >= 15 is 0 Å². The summed E-state index contributed by atoms with van der Waals surface area (Å²) < 4.78 is 3.98. The number of piperidine rings is 2. The van der Waals surface area contributed by atoms with Gasteiger partial charge in [0.05, 0.1) is 5.69 Å². The minimum atomic E-state index is -0.0115. The molecule has 0 unspecified atom stereocenters. The molecule has 0 spiro atoms. The van der Waals surface area contributed by atoms with Gasteiger partial charge in [0.25, 0.3) is 5.56 Å². The Morgan fingerprint density at radius 2 is 1.74 bits per heavy atom. The predicted octanol–water partition coefficient (Wildman–Crippen LogP) is 5.46. The molecule has 34 heavy (non-hydrogen) atoms. The summed E-state index contributed by atoms with van der Waals surface area (Å²) in [6.07, 6.45) is 11.7. The number of aromatic nitrogens is 3. The van der Waals surface area contributed by atoms with Crippen molar-refractivity contribution in [3.05, 3.63) is 51.9 Å². The molecule has 2 aromatic heterocycles. The molecule has 6 nitrogen and oxygen atoms in total. The molecule has 1 aromatic carbocycles. The Hall–Kier alpha value is -2.31. The highest BCUT2D eigenvalue weighted by molar-refractivity contribution is 6.30. The van der Waals surface area contributed by atoms with Gasteiger partial charge in [0.1, 0.15) is 5.82 Å². The molecule has 2 saturated heterocycles. The molecule has 0 bridgehead atoms. The van der Waals surface area contributed by atoms with Crippen LogP contribution in [0, 0.1) is 0 Å². The number of fused-ring (bicyclic) bond motifs is 1. The highest BCUT2D eigenvalue weighted by Gasteiger charge is 2.27. The average molecular weight is 482 g/mol. The zero-order valence-corrected chi connectivity index (χ0v) is 21.0. The summed E-state index contributed by atoms with van der Waals surface area (Å²) in [6.45, 7) is 7.59. The monoisotopic (exact) mass is 481 g/mol. The van der Waals surface area contributed by atoms with Crippen molar-refractivity contribution in [1.82, 2.24) is 18.9 Å². The third-order valence-electron chi connectivity index (χ3n) is 7.52. The molecule has 0 aliphatic carbocycles. The lowest BCUT2D eigenvalue weighted by Crippen LogP contribution is -2.47. The molecule has 2 aliphatic heterocycles. The van der Waals surface area contributed by atoms with Crippen molar-refractivity contribution >= 4 is 23.2 Å². The summed E-state index contributed by atoms with van der Waals surface area (Å²) in [4.78, 5) is 23.3. The van der Waals surface area contributed by atoms with Crippen LogP contribution in [0.2, 0.25) is 5.02 Å². The number of benzene rings is 1. The van der Waals surface area contributed by atoms with E-state index < -0.39 is 0 Å². The van der Waals surface area contributed by atoms with E-state index in [1.165, 1.54) is 51.6 Å². The molecule has 2 aliphatic rings. The van der Waals surface area contributed by atoms with Crippen LogP contribution >= 0.6 is 11.6 Å². The smallest absolute Gasteiger partial charge is 0.261 e. The standard InChI is InChI=1S/C27H36ClN5O/c1-2-3-5-16-32-25(31-17-12-23(13-18-31)30-14-6-4-7-15-30)19-26(34)33-20-24(29-27(32)33)21-8-10-22(28)11-9-21/h8-11,19-20,23H,2-7,12-18H2,1H3. The number of halogens is 1. The van der Waals surface area contributed by atoms with Crippen molar-refractivity contribution in [1.29, 1.82) is 0 Å². The fourth-order valence-electron chi connectivity index (χ4n) is 5.58. The maximum absolute atomic E-state index is 13.2. The molecule has 4 heterocycles. The number of anilines is 1. The first-order valence-electron chi connectivity index (χ1n) is 13.0. The molecule has 182 valence electrons. The van der Waals surface area contributed by atoms with Gasteiger partial charge in [0, 0.05) is 48.5 Å². The molecule has 0 radical (unpaired) electrons. The predicted molar refractivity (Wildman–Crippen MR) is 140 cm³/mol. The second kappa shape index (κ2) is 10.5. The first-order chi connectivity index (χ1) is 16.6. The molecule has 0 atom stereocenters. The van der Waals surface area contributed by atoms with E-state index in [1.807, 2.05) is 36.5 Å². The Bertz CT molecular complexity index is 1150. The summed E-state index contributed by atoms with van der Waals surface area (Å²) in [7, 11) is 0. The zero-order chi connectivity index (χ0) is 23.5. The number of likely N-dealkylation sites (tertiary alicyclic amines) is 1. The summed E-state index contributed by atoms with van der Waals surface area (Å²) in [5, 5.41) is 0.696. The minimum Gasteiger partial charge on any atom is -0.358 e. The average Bonchev–Trinajstić information content (AvgIpc) is 3.33. The Labute approximate surface area is 207 Å². The molecule has 5 rings (SSSR count). The Kier molecular flexibility index (Phi) is 7.26. The molecule has 0 saturated carbocycles. The number of hydrogen-bond acceptors (Lipinski definition) is 4. The lowest BCUT2D eigenvalue weighted by molar-refractivity contribution is 0.141. The van der Waals surface area contributed by atoms with E-state index in [4.69, 9.17) is 16.6 Å². The van der Waals surface area contributed by atoms with E-state index in [2.05, 4.69) is 21.3 Å². The lowest BCUT2D eigenvalue weighted by Gasteiger charge is -2.41. The second-order valence-corrected chi connectivity index (χ2v) is 10.3. The molecular weight excluding hydrogens is 446 g/mol. The molecule has 0 N–H and O–H groups in total. The van der Waals surface area contributed by atoms with Crippen LogP contribution in [-0.4, -0.2) is 51.1 Å². The Morgan fingerprint density at radius 1 is 1.00 bits per heavy atom. The fraction of sp³-hybridized carbons (Fsp3) is 0.556. The van der Waals surface area contributed by atoms with Crippen LogP contribution in [0.25, 0.3) is 17.0 Å². The highest BCUT2D eigenvalue weighted by atomic mass is 35.5. The van der Waals surface area contributed by atoms with E-state index in [-0.39, 0.29) is 5.56 Å². The van der Waals surface area contributed by atoms with Crippen LogP contribution < -0.4 is 10.5 Å². The Morgan fingerprint density at radius 3 is 2.44 bits per heavy atom. The highest BCUT2D eigenvalue weighted by Crippen LogP contribution is 2.27.